The number of amides is 1. The molecule has 2 aromatic rings. The number of carbonyl (C=O) groups is 1. The van der Waals surface area contributed by atoms with Crippen molar-refractivity contribution in [3.63, 3.8) is 0 Å². The Morgan fingerprint density at radius 2 is 1.62 bits per heavy atom. The average molecular weight is 351 g/mol. The summed E-state index contributed by atoms with van der Waals surface area (Å²) in [7, 11) is -0.379. The first kappa shape index (κ1) is 18.7. The van der Waals surface area contributed by atoms with Crippen molar-refractivity contribution in [2.75, 3.05) is 5.32 Å². The van der Waals surface area contributed by atoms with Crippen molar-refractivity contribution in [2.45, 2.75) is 52.2 Å². The molecule has 26 heavy (non-hydrogen) atoms. The molecule has 5 heteroatoms. The molecule has 1 amide bonds. The van der Waals surface area contributed by atoms with Gasteiger partial charge in [-0.15, -0.1) is 0 Å². The molecule has 1 N–H and O–H groups in total. The predicted molar refractivity (Wildman–Crippen MR) is 106 cm³/mol. The summed E-state index contributed by atoms with van der Waals surface area (Å²) in [6.07, 6.45) is 0.331. The maximum Gasteiger partial charge on any atom is 0.494 e. The first-order valence-corrected chi connectivity index (χ1v) is 8.97. The minimum atomic E-state index is -0.379. The Morgan fingerprint density at radius 3 is 2.19 bits per heavy atom. The van der Waals surface area contributed by atoms with Gasteiger partial charge >= 0.3 is 7.12 Å². The van der Waals surface area contributed by atoms with Gasteiger partial charge in [0.05, 0.1) is 17.6 Å². The zero-order valence-corrected chi connectivity index (χ0v) is 16.1. The van der Waals surface area contributed by atoms with E-state index in [-0.39, 0.29) is 24.2 Å². The van der Waals surface area contributed by atoms with Crippen molar-refractivity contribution in [1.29, 1.82) is 0 Å². The molecule has 1 saturated heterocycles. The Bertz CT molecular complexity index is 783. The zero-order valence-electron chi connectivity index (χ0n) is 16.1. The van der Waals surface area contributed by atoms with E-state index in [0.29, 0.717) is 6.42 Å². The predicted octanol–water partition coefficient (Wildman–Crippen LogP) is 3.48. The lowest BCUT2D eigenvalue weighted by atomic mass is 9.79. The Morgan fingerprint density at radius 1 is 1.00 bits per heavy atom. The molecule has 0 radical (unpaired) electrons. The van der Waals surface area contributed by atoms with E-state index in [2.05, 4.69) is 5.32 Å². The van der Waals surface area contributed by atoms with Crippen LogP contribution in [0, 0.1) is 6.92 Å². The van der Waals surface area contributed by atoms with Crippen LogP contribution in [0.25, 0.3) is 0 Å². The Kier molecular flexibility index (Phi) is 4.95. The normalized spacial score (nSPS) is 18.0. The molecule has 1 aliphatic rings. The van der Waals surface area contributed by atoms with E-state index >= 15 is 0 Å². The molecule has 0 unspecified atom stereocenters. The number of hydrogen-bond acceptors (Lipinski definition) is 3. The van der Waals surface area contributed by atoms with E-state index < -0.39 is 0 Å². The molecular formula is C21H26BNO3. The van der Waals surface area contributed by atoms with Gasteiger partial charge in [-0.2, -0.15) is 0 Å². The third kappa shape index (κ3) is 4.00. The van der Waals surface area contributed by atoms with Crippen molar-refractivity contribution in [3.8, 4) is 0 Å². The molecule has 1 aliphatic heterocycles. The highest BCUT2D eigenvalue weighted by atomic mass is 16.7. The van der Waals surface area contributed by atoms with Gasteiger partial charge in [-0.1, -0.05) is 36.4 Å². The highest BCUT2D eigenvalue weighted by Crippen LogP contribution is 2.36. The molecule has 0 aromatic heterocycles. The Balaban J connectivity index is 1.62. The molecule has 0 spiro atoms. The maximum atomic E-state index is 12.2. The van der Waals surface area contributed by atoms with E-state index in [1.54, 1.807) is 0 Å². The minimum absolute atomic E-state index is 0.0287. The van der Waals surface area contributed by atoms with Crippen LogP contribution < -0.4 is 10.8 Å². The van der Waals surface area contributed by atoms with Crippen LogP contribution in [-0.4, -0.2) is 24.2 Å². The topological polar surface area (TPSA) is 47.6 Å². The van der Waals surface area contributed by atoms with Crippen LogP contribution in [0.4, 0.5) is 5.69 Å². The number of nitrogens with one attached hydrogen (secondary N) is 1. The third-order valence-corrected chi connectivity index (χ3v) is 5.17. The van der Waals surface area contributed by atoms with E-state index in [9.17, 15) is 4.79 Å². The second-order valence-electron chi connectivity index (χ2n) is 7.92. The summed E-state index contributed by atoms with van der Waals surface area (Å²) in [5.41, 5.74) is 3.15. The van der Waals surface area contributed by atoms with Crippen LogP contribution >= 0.6 is 0 Å². The number of rotatable bonds is 4. The number of hydrogen-bond donors (Lipinski definition) is 1. The van der Waals surface area contributed by atoms with Crippen LogP contribution in [0.2, 0.25) is 0 Å². The smallest absolute Gasteiger partial charge is 0.399 e. The van der Waals surface area contributed by atoms with Gasteiger partial charge < -0.3 is 14.6 Å². The second kappa shape index (κ2) is 6.90. The van der Waals surface area contributed by atoms with Gasteiger partial charge in [-0.05, 0) is 63.3 Å². The third-order valence-electron chi connectivity index (χ3n) is 5.17. The Labute approximate surface area is 156 Å². The summed E-state index contributed by atoms with van der Waals surface area (Å²) in [5.74, 6) is -0.0287. The lowest BCUT2D eigenvalue weighted by Crippen LogP contribution is -2.41. The van der Waals surface area contributed by atoms with E-state index in [0.717, 1.165) is 22.3 Å². The monoisotopic (exact) mass is 351 g/mol. The number of anilines is 1. The molecule has 1 fully saturated rings. The summed E-state index contributed by atoms with van der Waals surface area (Å²) in [5, 5.41) is 2.93. The fourth-order valence-electron chi connectivity index (χ4n) is 2.89. The molecule has 0 aliphatic carbocycles. The first-order valence-electron chi connectivity index (χ1n) is 8.97. The SMILES string of the molecule is Cc1cccc(NC(=O)Cc2ccc(B3OC(C)(C)C(C)(C)O3)cc2)c1. The van der Waals surface area contributed by atoms with Gasteiger partial charge in [-0.3, -0.25) is 4.79 Å². The van der Waals surface area contributed by atoms with Crippen LogP contribution in [0.1, 0.15) is 38.8 Å². The quantitative estimate of drug-likeness (QED) is 0.858. The van der Waals surface area contributed by atoms with Gasteiger partial charge in [0, 0.05) is 5.69 Å². The maximum absolute atomic E-state index is 12.2. The van der Waals surface area contributed by atoms with Gasteiger partial charge in [0.2, 0.25) is 5.91 Å². The fourth-order valence-corrected chi connectivity index (χ4v) is 2.89. The van der Waals surface area contributed by atoms with Gasteiger partial charge in [0.15, 0.2) is 0 Å². The molecule has 0 saturated carbocycles. The summed E-state index contributed by atoms with van der Waals surface area (Å²) in [6.45, 7) is 10.2. The van der Waals surface area contributed by atoms with Crippen LogP contribution in [0.3, 0.4) is 0 Å². The highest BCUT2D eigenvalue weighted by molar-refractivity contribution is 6.62. The zero-order chi connectivity index (χ0) is 18.9. The molecule has 1 heterocycles. The van der Waals surface area contributed by atoms with Crippen LogP contribution in [0.15, 0.2) is 48.5 Å². The molecule has 2 aromatic carbocycles. The van der Waals surface area contributed by atoms with Crippen molar-refractivity contribution < 1.29 is 14.1 Å². The molecular weight excluding hydrogens is 325 g/mol. The molecule has 0 atom stereocenters. The van der Waals surface area contributed by atoms with Crippen molar-refractivity contribution in [2.24, 2.45) is 0 Å². The van der Waals surface area contributed by atoms with Crippen molar-refractivity contribution in [3.05, 3.63) is 59.7 Å². The van der Waals surface area contributed by atoms with Crippen LogP contribution in [0.5, 0.6) is 0 Å². The second-order valence-corrected chi connectivity index (χ2v) is 7.92. The van der Waals surface area contributed by atoms with Gasteiger partial charge in [0.1, 0.15) is 0 Å². The Hall–Kier alpha value is -2.11. The average Bonchev–Trinajstić information content (AvgIpc) is 2.76. The summed E-state index contributed by atoms with van der Waals surface area (Å²) < 4.78 is 12.1. The lowest BCUT2D eigenvalue weighted by Gasteiger charge is -2.32. The van der Waals surface area contributed by atoms with Crippen molar-refractivity contribution >= 4 is 24.2 Å². The first-order chi connectivity index (χ1) is 12.2. The van der Waals surface area contributed by atoms with Gasteiger partial charge in [0.25, 0.3) is 0 Å². The molecule has 136 valence electrons. The summed E-state index contributed by atoms with van der Waals surface area (Å²) in [4.78, 5) is 12.2. The minimum Gasteiger partial charge on any atom is -0.399 e. The number of aryl methyl sites for hydroxylation is 1. The number of carbonyl (C=O) groups excluding carboxylic acids is 1. The van der Waals surface area contributed by atoms with E-state index in [4.69, 9.17) is 9.31 Å². The van der Waals surface area contributed by atoms with Crippen molar-refractivity contribution in [1.82, 2.24) is 0 Å². The highest BCUT2D eigenvalue weighted by Gasteiger charge is 2.51. The summed E-state index contributed by atoms with van der Waals surface area (Å²) in [6, 6.07) is 15.6. The molecule has 3 rings (SSSR count). The summed E-state index contributed by atoms with van der Waals surface area (Å²) >= 11 is 0. The van der Waals surface area contributed by atoms with E-state index in [1.807, 2.05) is 83.1 Å². The lowest BCUT2D eigenvalue weighted by molar-refractivity contribution is -0.115. The molecule has 0 bridgehead atoms. The van der Waals surface area contributed by atoms with Crippen LogP contribution in [-0.2, 0) is 20.5 Å². The van der Waals surface area contributed by atoms with Gasteiger partial charge in [-0.25, -0.2) is 0 Å². The standard InChI is InChI=1S/C21H26BNO3/c1-15-7-6-8-18(13-15)23-19(24)14-16-9-11-17(12-10-16)22-25-20(2,3)21(4,5)26-22/h6-13H,14H2,1-5H3,(H,23,24). The van der Waals surface area contributed by atoms with E-state index in [1.165, 1.54) is 0 Å². The fraction of sp³-hybridized carbons (Fsp3) is 0.381. The number of benzene rings is 2. The largest absolute Gasteiger partial charge is 0.494 e. The molecule has 4 nitrogen and oxygen atoms in total.